The van der Waals surface area contributed by atoms with Crippen molar-refractivity contribution in [1.82, 2.24) is 14.7 Å². The van der Waals surface area contributed by atoms with Crippen LogP contribution in [0, 0.1) is 5.92 Å². The lowest BCUT2D eigenvalue weighted by Gasteiger charge is -2.29. The molecule has 1 fully saturated rings. The molecule has 1 unspecified atom stereocenters. The number of methoxy groups -OCH3 is 1. The van der Waals surface area contributed by atoms with Crippen molar-refractivity contribution < 1.29 is 9.53 Å². The summed E-state index contributed by atoms with van der Waals surface area (Å²) in [7, 11) is 1.60. The van der Waals surface area contributed by atoms with Crippen LogP contribution in [0.1, 0.15) is 18.4 Å². The summed E-state index contributed by atoms with van der Waals surface area (Å²) in [6, 6.07) is 12.0. The Kier molecular flexibility index (Phi) is 6.28. The second-order valence-electron chi connectivity index (χ2n) is 7.83. The second kappa shape index (κ2) is 9.26. The number of nitrogens with zero attached hydrogens (tertiary/aromatic N) is 4. The zero-order chi connectivity index (χ0) is 20.9. The Bertz CT molecular complexity index is 970. The number of anilines is 1. The van der Waals surface area contributed by atoms with E-state index in [1.807, 2.05) is 23.1 Å². The fraction of sp³-hybridized carbons (Fsp3) is 0.435. The van der Waals surface area contributed by atoms with E-state index in [0.29, 0.717) is 26.2 Å². The third-order valence-corrected chi connectivity index (χ3v) is 5.93. The monoisotopic (exact) mass is 408 g/mol. The van der Waals surface area contributed by atoms with Crippen molar-refractivity contribution in [3.05, 3.63) is 64.6 Å². The van der Waals surface area contributed by atoms with Gasteiger partial charge in [0.15, 0.2) is 0 Å². The second-order valence-corrected chi connectivity index (χ2v) is 7.83. The molecule has 4 rings (SSSR count). The number of benzene rings is 1. The number of ether oxygens (including phenoxy) is 1. The van der Waals surface area contributed by atoms with Crippen molar-refractivity contribution in [3.8, 4) is 0 Å². The highest BCUT2D eigenvalue weighted by Gasteiger charge is 2.32. The van der Waals surface area contributed by atoms with E-state index in [2.05, 4.69) is 28.2 Å². The van der Waals surface area contributed by atoms with Gasteiger partial charge in [0, 0.05) is 39.4 Å². The van der Waals surface area contributed by atoms with Gasteiger partial charge in [-0.1, -0.05) is 36.4 Å². The first-order valence-corrected chi connectivity index (χ1v) is 10.5. The van der Waals surface area contributed by atoms with Gasteiger partial charge in [0.2, 0.25) is 5.91 Å². The lowest BCUT2D eigenvalue weighted by Crippen LogP contribution is -2.40. The van der Waals surface area contributed by atoms with Crippen LogP contribution in [0.2, 0.25) is 0 Å². The Hall–Kier alpha value is -2.93. The lowest BCUT2D eigenvalue weighted by molar-refractivity contribution is -0.134. The predicted molar refractivity (Wildman–Crippen MR) is 116 cm³/mol. The minimum Gasteiger partial charge on any atom is -0.383 e. The van der Waals surface area contributed by atoms with Crippen LogP contribution in [-0.4, -0.2) is 60.5 Å². The molecule has 0 radical (unpaired) electrons. The van der Waals surface area contributed by atoms with Crippen molar-refractivity contribution in [1.29, 1.82) is 0 Å². The quantitative estimate of drug-likeness (QED) is 0.732. The van der Waals surface area contributed by atoms with Crippen LogP contribution in [0.3, 0.4) is 0 Å². The minimum atomic E-state index is -0.145. The summed E-state index contributed by atoms with van der Waals surface area (Å²) in [5, 5.41) is 4.24. The summed E-state index contributed by atoms with van der Waals surface area (Å²) in [5.74, 6) is 0.176. The molecular weight excluding hydrogens is 380 g/mol. The Balaban J connectivity index is 1.35. The molecule has 1 atom stereocenters. The van der Waals surface area contributed by atoms with E-state index >= 15 is 0 Å². The summed E-state index contributed by atoms with van der Waals surface area (Å²) in [6.07, 6.45) is 5.57. The van der Waals surface area contributed by atoms with E-state index < -0.39 is 0 Å². The number of hydrogen-bond acceptors (Lipinski definition) is 5. The zero-order valence-electron chi connectivity index (χ0n) is 17.4. The molecule has 3 heterocycles. The predicted octanol–water partition coefficient (Wildman–Crippen LogP) is 2.03. The molecule has 7 heteroatoms. The number of hydrogen-bond donors (Lipinski definition) is 0. The number of carbonyl (C=O) groups excluding carboxylic acids is 1. The number of amides is 1. The standard InChI is InChI=1S/C23H28N4O3/c1-30-14-13-27-22(28)15-21(16-24-27)26-12-9-20(17-26)23(29)25-10-7-19(8-11-25)18-5-3-2-4-6-18/h2-7,15-16,20H,8-14,17H2,1H3. The van der Waals surface area contributed by atoms with Crippen LogP contribution < -0.4 is 10.5 Å². The first-order chi connectivity index (χ1) is 14.7. The number of rotatable bonds is 6. The van der Waals surface area contributed by atoms with Gasteiger partial charge in [-0.25, -0.2) is 4.68 Å². The molecule has 7 nitrogen and oxygen atoms in total. The largest absolute Gasteiger partial charge is 0.383 e. The maximum atomic E-state index is 13.0. The SMILES string of the molecule is COCCn1ncc(N2CCC(C(=O)N3CC=C(c4ccccc4)CC3)C2)cc1=O. The fourth-order valence-electron chi connectivity index (χ4n) is 4.18. The summed E-state index contributed by atoms with van der Waals surface area (Å²) in [6.45, 7) is 3.70. The average molecular weight is 409 g/mol. The van der Waals surface area contributed by atoms with Gasteiger partial charge < -0.3 is 14.5 Å². The van der Waals surface area contributed by atoms with Crippen LogP contribution in [0.4, 0.5) is 5.69 Å². The first-order valence-electron chi connectivity index (χ1n) is 10.5. The summed E-state index contributed by atoms with van der Waals surface area (Å²) in [4.78, 5) is 29.3. The van der Waals surface area contributed by atoms with Gasteiger partial charge in [-0.3, -0.25) is 9.59 Å². The van der Waals surface area contributed by atoms with Gasteiger partial charge in [0.05, 0.1) is 31.0 Å². The third-order valence-electron chi connectivity index (χ3n) is 5.93. The highest BCUT2D eigenvalue weighted by Crippen LogP contribution is 2.27. The Morgan fingerprint density at radius 3 is 2.77 bits per heavy atom. The normalized spacial score (nSPS) is 19.1. The zero-order valence-corrected chi connectivity index (χ0v) is 17.4. The number of carbonyl (C=O) groups is 1. The van der Waals surface area contributed by atoms with Crippen LogP contribution >= 0.6 is 0 Å². The number of aromatic nitrogens is 2. The Morgan fingerprint density at radius 1 is 1.23 bits per heavy atom. The molecule has 1 saturated heterocycles. The maximum Gasteiger partial charge on any atom is 0.268 e. The van der Waals surface area contributed by atoms with Crippen molar-refractivity contribution in [2.24, 2.45) is 5.92 Å². The molecule has 0 N–H and O–H groups in total. The van der Waals surface area contributed by atoms with Crippen LogP contribution in [0.25, 0.3) is 5.57 Å². The van der Waals surface area contributed by atoms with Crippen molar-refractivity contribution in [2.75, 3.05) is 44.8 Å². The lowest BCUT2D eigenvalue weighted by atomic mass is 9.98. The molecule has 2 aromatic rings. The van der Waals surface area contributed by atoms with Crippen LogP contribution in [0.5, 0.6) is 0 Å². The van der Waals surface area contributed by atoms with Crippen LogP contribution in [0.15, 0.2) is 53.5 Å². The summed E-state index contributed by atoms with van der Waals surface area (Å²) >= 11 is 0. The van der Waals surface area contributed by atoms with Gasteiger partial charge in [-0.05, 0) is 24.0 Å². The molecule has 0 bridgehead atoms. The average Bonchev–Trinajstić information content (AvgIpc) is 3.29. The molecule has 158 valence electrons. The smallest absolute Gasteiger partial charge is 0.268 e. The van der Waals surface area contributed by atoms with E-state index in [4.69, 9.17) is 4.74 Å². The first kappa shape index (κ1) is 20.3. The molecule has 1 aromatic heterocycles. The molecule has 1 amide bonds. The van der Waals surface area contributed by atoms with E-state index in [0.717, 1.165) is 31.6 Å². The molecule has 0 aliphatic carbocycles. The fourth-order valence-corrected chi connectivity index (χ4v) is 4.18. The van der Waals surface area contributed by atoms with Gasteiger partial charge in [-0.15, -0.1) is 0 Å². The highest BCUT2D eigenvalue weighted by molar-refractivity contribution is 5.81. The molecule has 2 aliphatic rings. The molecule has 2 aliphatic heterocycles. The summed E-state index contributed by atoms with van der Waals surface area (Å²) < 4.78 is 6.40. The molecule has 0 spiro atoms. The van der Waals surface area contributed by atoms with Crippen LogP contribution in [-0.2, 0) is 16.1 Å². The van der Waals surface area contributed by atoms with E-state index in [9.17, 15) is 9.59 Å². The van der Waals surface area contributed by atoms with Crippen molar-refractivity contribution in [3.63, 3.8) is 0 Å². The summed E-state index contributed by atoms with van der Waals surface area (Å²) in [5.41, 5.74) is 3.19. The van der Waals surface area contributed by atoms with Gasteiger partial charge >= 0.3 is 0 Å². The van der Waals surface area contributed by atoms with Gasteiger partial charge in [0.25, 0.3) is 5.56 Å². The topological polar surface area (TPSA) is 67.7 Å². The van der Waals surface area contributed by atoms with E-state index in [-0.39, 0.29) is 17.4 Å². The van der Waals surface area contributed by atoms with E-state index in [1.54, 1.807) is 19.4 Å². The van der Waals surface area contributed by atoms with Crippen molar-refractivity contribution in [2.45, 2.75) is 19.4 Å². The molecule has 1 aromatic carbocycles. The molecular formula is C23H28N4O3. The minimum absolute atomic E-state index is 0.0346. The van der Waals surface area contributed by atoms with Gasteiger partial charge in [-0.2, -0.15) is 5.10 Å². The Morgan fingerprint density at radius 2 is 2.07 bits per heavy atom. The van der Waals surface area contributed by atoms with Gasteiger partial charge in [0.1, 0.15) is 0 Å². The Labute approximate surface area is 176 Å². The van der Waals surface area contributed by atoms with E-state index in [1.165, 1.54) is 15.8 Å². The molecule has 30 heavy (non-hydrogen) atoms. The third kappa shape index (κ3) is 4.46. The van der Waals surface area contributed by atoms with Crippen molar-refractivity contribution >= 4 is 17.2 Å². The highest BCUT2D eigenvalue weighted by atomic mass is 16.5. The maximum absolute atomic E-state index is 13.0. The molecule has 0 saturated carbocycles.